The number of nitrogens with one attached hydrogen (secondary N) is 3. The molecule has 2 rings (SSSR count). The molecule has 0 aromatic carbocycles. The van der Waals surface area contributed by atoms with Crippen LogP contribution in [0.4, 0.5) is 0 Å². The Morgan fingerprint density at radius 1 is 1.00 bits per heavy atom. The van der Waals surface area contributed by atoms with Gasteiger partial charge in [-0.25, -0.2) is 0 Å². The molecule has 3 nitrogen and oxygen atoms in total. The minimum atomic E-state index is 0.456. The quantitative estimate of drug-likeness (QED) is 0.570. The van der Waals surface area contributed by atoms with Gasteiger partial charge in [-0.3, -0.25) is 0 Å². The molecule has 2 aliphatic heterocycles. The summed E-state index contributed by atoms with van der Waals surface area (Å²) in [6.45, 7) is 15.2. The first-order chi connectivity index (χ1) is 7.38. The second kappa shape index (κ2) is 8.74. The number of rotatable bonds is 0. The Hall–Kier alpha value is -0.540. The Balaban J connectivity index is 0.000000442. The van der Waals surface area contributed by atoms with Crippen LogP contribution < -0.4 is 16.0 Å². The van der Waals surface area contributed by atoms with Gasteiger partial charge < -0.3 is 16.0 Å². The van der Waals surface area contributed by atoms with E-state index in [1.165, 1.54) is 6.42 Å². The predicted molar refractivity (Wildman–Crippen MR) is 68.0 cm³/mol. The van der Waals surface area contributed by atoms with Crippen LogP contribution in [-0.2, 0) is 0 Å². The maximum Gasteiger partial charge on any atom is 0.0620 e. The minimum Gasteiger partial charge on any atom is -0.387 e. The normalized spacial score (nSPS) is 28.4. The molecule has 0 aromatic heterocycles. The van der Waals surface area contributed by atoms with Gasteiger partial charge in [0.15, 0.2) is 0 Å². The van der Waals surface area contributed by atoms with Crippen molar-refractivity contribution in [3.63, 3.8) is 0 Å². The zero-order valence-electron chi connectivity index (χ0n) is 10.7. The summed E-state index contributed by atoms with van der Waals surface area (Å²) in [5.74, 6) is 0. The van der Waals surface area contributed by atoms with E-state index in [1.807, 2.05) is 27.7 Å². The first-order valence-corrected chi connectivity index (χ1v) is 6.27. The minimum absolute atomic E-state index is 0.456. The molecule has 90 valence electrons. The standard InChI is InChI=1S/C8H15N3.2C2H6/c1-6-8-7(2-3-9-6)10-4-5-11-8;2*1-2/h7-11H,1-5H2;2*1-2H3. The lowest BCUT2D eigenvalue weighted by Gasteiger charge is -2.39. The van der Waals surface area contributed by atoms with Gasteiger partial charge in [0.25, 0.3) is 0 Å². The Morgan fingerprint density at radius 2 is 1.60 bits per heavy atom. The third-order valence-corrected chi connectivity index (χ3v) is 2.48. The van der Waals surface area contributed by atoms with E-state index in [4.69, 9.17) is 0 Å². The monoisotopic (exact) mass is 213 g/mol. The molecule has 0 spiro atoms. The topological polar surface area (TPSA) is 36.1 Å². The van der Waals surface area contributed by atoms with Crippen molar-refractivity contribution in [1.29, 1.82) is 0 Å². The van der Waals surface area contributed by atoms with Crippen LogP contribution in [0.25, 0.3) is 0 Å². The molecule has 0 amide bonds. The Labute approximate surface area is 94.7 Å². The lowest BCUT2D eigenvalue weighted by molar-refractivity contribution is 0.299. The molecule has 2 heterocycles. The lowest BCUT2D eigenvalue weighted by Crippen LogP contribution is -2.61. The molecule has 0 aromatic rings. The second-order valence-electron chi connectivity index (χ2n) is 3.23. The molecular formula is C12H27N3. The molecule has 3 heteroatoms. The van der Waals surface area contributed by atoms with E-state index in [0.717, 1.165) is 25.3 Å². The largest absolute Gasteiger partial charge is 0.387 e. The molecule has 2 saturated heterocycles. The summed E-state index contributed by atoms with van der Waals surface area (Å²) in [7, 11) is 0. The van der Waals surface area contributed by atoms with E-state index >= 15 is 0 Å². The van der Waals surface area contributed by atoms with Gasteiger partial charge >= 0.3 is 0 Å². The van der Waals surface area contributed by atoms with Gasteiger partial charge in [-0.05, 0) is 6.42 Å². The number of hydrogen-bond donors (Lipinski definition) is 3. The highest BCUT2D eigenvalue weighted by atomic mass is 15.1. The Bertz CT molecular complexity index is 166. The molecule has 0 bridgehead atoms. The fourth-order valence-electron chi connectivity index (χ4n) is 1.88. The molecule has 0 radical (unpaired) electrons. The summed E-state index contributed by atoms with van der Waals surface area (Å²) < 4.78 is 0. The molecule has 2 fully saturated rings. The van der Waals surface area contributed by atoms with E-state index in [-0.39, 0.29) is 0 Å². The van der Waals surface area contributed by atoms with Gasteiger partial charge in [0, 0.05) is 31.4 Å². The van der Waals surface area contributed by atoms with Crippen LogP contribution in [0.5, 0.6) is 0 Å². The van der Waals surface area contributed by atoms with Crippen LogP contribution in [0.1, 0.15) is 34.1 Å². The maximum atomic E-state index is 3.98. The highest BCUT2D eigenvalue weighted by Crippen LogP contribution is 2.12. The molecule has 2 atom stereocenters. The Morgan fingerprint density at radius 3 is 2.20 bits per heavy atom. The van der Waals surface area contributed by atoms with E-state index in [2.05, 4.69) is 22.5 Å². The van der Waals surface area contributed by atoms with Crippen molar-refractivity contribution in [2.24, 2.45) is 0 Å². The number of piperazine rings is 1. The van der Waals surface area contributed by atoms with Crippen molar-refractivity contribution >= 4 is 0 Å². The Kier molecular flexibility index (Phi) is 8.43. The second-order valence-corrected chi connectivity index (χ2v) is 3.23. The van der Waals surface area contributed by atoms with Crippen molar-refractivity contribution in [2.75, 3.05) is 19.6 Å². The van der Waals surface area contributed by atoms with Crippen molar-refractivity contribution in [3.05, 3.63) is 12.3 Å². The van der Waals surface area contributed by atoms with E-state index in [9.17, 15) is 0 Å². The van der Waals surface area contributed by atoms with Gasteiger partial charge in [-0.15, -0.1) is 0 Å². The highest BCUT2D eigenvalue weighted by molar-refractivity contribution is 5.13. The van der Waals surface area contributed by atoms with Gasteiger partial charge in [0.1, 0.15) is 0 Å². The molecular weight excluding hydrogens is 186 g/mol. The highest BCUT2D eigenvalue weighted by Gasteiger charge is 2.28. The summed E-state index contributed by atoms with van der Waals surface area (Å²) in [5.41, 5.74) is 1.15. The van der Waals surface area contributed by atoms with Crippen molar-refractivity contribution < 1.29 is 0 Å². The molecule has 2 aliphatic rings. The number of piperidine rings is 1. The first-order valence-electron chi connectivity index (χ1n) is 6.27. The first kappa shape index (κ1) is 14.5. The molecule has 2 unspecified atom stereocenters. The van der Waals surface area contributed by atoms with Crippen molar-refractivity contribution in [1.82, 2.24) is 16.0 Å². The molecule has 15 heavy (non-hydrogen) atoms. The van der Waals surface area contributed by atoms with E-state index in [0.29, 0.717) is 12.1 Å². The third-order valence-electron chi connectivity index (χ3n) is 2.48. The summed E-state index contributed by atoms with van der Waals surface area (Å²) in [5, 5.41) is 10.2. The predicted octanol–water partition coefficient (Wildman–Crippen LogP) is 1.48. The average Bonchev–Trinajstić information content (AvgIpc) is 2.35. The number of fused-ring (bicyclic) bond motifs is 1. The molecule has 0 saturated carbocycles. The van der Waals surface area contributed by atoms with Crippen LogP contribution in [0.15, 0.2) is 12.3 Å². The summed E-state index contributed by atoms with van der Waals surface area (Å²) >= 11 is 0. The molecule has 0 aliphatic carbocycles. The average molecular weight is 213 g/mol. The van der Waals surface area contributed by atoms with Crippen LogP contribution in [0.3, 0.4) is 0 Å². The van der Waals surface area contributed by atoms with Crippen LogP contribution >= 0.6 is 0 Å². The lowest BCUT2D eigenvalue weighted by atomic mass is 9.96. The van der Waals surface area contributed by atoms with Crippen LogP contribution in [0, 0.1) is 0 Å². The summed E-state index contributed by atoms with van der Waals surface area (Å²) in [4.78, 5) is 0. The van der Waals surface area contributed by atoms with Crippen LogP contribution in [-0.4, -0.2) is 31.7 Å². The summed E-state index contributed by atoms with van der Waals surface area (Å²) in [6.07, 6.45) is 1.21. The van der Waals surface area contributed by atoms with E-state index < -0.39 is 0 Å². The maximum absolute atomic E-state index is 3.98. The smallest absolute Gasteiger partial charge is 0.0620 e. The SMILES string of the molecule is C=C1NCCC2NCCNC12.CC.CC. The fraction of sp³-hybridized carbons (Fsp3) is 0.833. The zero-order chi connectivity index (χ0) is 11.7. The third kappa shape index (κ3) is 4.22. The van der Waals surface area contributed by atoms with Crippen molar-refractivity contribution in [2.45, 2.75) is 46.2 Å². The van der Waals surface area contributed by atoms with Gasteiger partial charge in [0.05, 0.1) is 6.04 Å². The van der Waals surface area contributed by atoms with Gasteiger partial charge in [-0.2, -0.15) is 0 Å². The van der Waals surface area contributed by atoms with Gasteiger partial charge in [0.2, 0.25) is 0 Å². The summed E-state index contributed by atoms with van der Waals surface area (Å²) in [6, 6.07) is 1.06. The van der Waals surface area contributed by atoms with Crippen LogP contribution in [0.2, 0.25) is 0 Å². The van der Waals surface area contributed by atoms with Gasteiger partial charge in [-0.1, -0.05) is 34.3 Å². The fourth-order valence-corrected chi connectivity index (χ4v) is 1.88. The molecule has 3 N–H and O–H groups in total. The van der Waals surface area contributed by atoms with Crippen molar-refractivity contribution in [3.8, 4) is 0 Å². The zero-order valence-corrected chi connectivity index (χ0v) is 10.7. The van der Waals surface area contributed by atoms with E-state index in [1.54, 1.807) is 0 Å². The number of hydrogen-bond acceptors (Lipinski definition) is 3.